The molecule has 6 nitrogen and oxygen atoms in total. The third-order valence-electron chi connectivity index (χ3n) is 6.57. The average molecular weight is 445 g/mol. The van der Waals surface area contributed by atoms with E-state index in [2.05, 4.69) is 0 Å². The number of hydrogen-bond donors (Lipinski definition) is 1. The molecule has 0 saturated heterocycles. The number of benzene rings is 2. The molecule has 1 aliphatic carbocycles. The monoisotopic (exact) mass is 444 g/mol. The van der Waals surface area contributed by atoms with Crippen LogP contribution in [0.2, 0.25) is 0 Å². The second-order valence-electron chi connectivity index (χ2n) is 8.42. The summed E-state index contributed by atoms with van der Waals surface area (Å²) in [5.74, 6) is 1.49. The van der Waals surface area contributed by atoms with Crippen molar-refractivity contribution >= 4 is 15.7 Å². The molecule has 2 N–H and O–H groups in total. The third kappa shape index (κ3) is 4.13. The molecule has 2 aromatic rings. The predicted molar refractivity (Wildman–Crippen MR) is 122 cm³/mol. The Bertz CT molecular complexity index is 1030. The Morgan fingerprint density at radius 3 is 2.39 bits per heavy atom. The number of anilines is 1. The number of hydrogen-bond acceptors (Lipinski definition) is 5. The van der Waals surface area contributed by atoms with Crippen molar-refractivity contribution < 1.29 is 17.9 Å². The van der Waals surface area contributed by atoms with Gasteiger partial charge in [0.15, 0.2) is 11.5 Å². The topological polar surface area (TPSA) is 81.9 Å². The Morgan fingerprint density at radius 2 is 1.68 bits per heavy atom. The van der Waals surface area contributed by atoms with E-state index in [-0.39, 0.29) is 6.04 Å². The van der Waals surface area contributed by atoms with Gasteiger partial charge >= 0.3 is 0 Å². The molecule has 2 aromatic carbocycles. The summed E-state index contributed by atoms with van der Waals surface area (Å²) in [4.78, 5) is 0.296. The van der Waals surface area contributed by atoms with Crippen LogP contribution in [0, 0.1) is 0 Å². The van der Waals surface area contributed by atoms with Crippen LogP contribution in [0.3, 0.4) is 0 Å². The van der Waals surface area contributed by atoms with Gasteiger partial charge in [0, 0.05) is 17.8 Å². The number of nitrogen functional groups attached to an aromatic ring is 1. The standard InChI is InChI=1S/C24H32N2O4S/c1-29-22-16-17-14-15-26(31(27,28)19-12-10-18(25)11-13-19)21-9-7-5-3-4-6-8-20(23(17)21)24(22)30-2/h10-13,16,21H,3-9,14-15,25H2,1-2H3. The fourth-order valence-corrected chi connectivity index (χ4v) is 6.69. The minimum Gasteiger partial charge on any atom is -0.493 e. The lowest BCUT2D eigenvalue weighted by molar-refractivity contribution is 0.278. The lowest BCUT2D eigenvalue weighted by atomic mass is 9.83. The Balaban J connectivity index is 1.86. The zero-order valence-corrected chi connectivity index (χ0v) is 19.2. The first-order valence-corrected chi connectivity index (χ1v) is 12.6. The summed E-state index contributed by atoms with van der Waals surface area (Å²) in [6, 6.07) is 8.36. The Morgan fingerprint density at radius 1 is 0.968 bits per heavy atom. The van der Waals surface area contributed by atoms with Gasteiger partial charge in [-0.2, -0.15) is 4.31 Å². The van der Waals surface area contributed by atoms with Gasteiger partial charge in [0.05, 0.1) is 25.2 Å². The van der Waals surface area contributed by atoms with E-state index in [1.54, 1.807) is 42.8 Å². The Labute approximate surface area is 185 Å². The van der Waals surface area contributed by atoms with Crippen LogP contribution >= 0.6 is 0 Å². The quantitative estimate of drug-likeness (QED) is 0.704. The number of ether oxygens (including phenoxy) is 2. The Hall–Kier alpha value is -2.25. The number of nitrogens with zero attached hydrogens (tertiary/aromatic N) is 1. The molecule has 1 atom stereocenters. The summed E-state index contributed by atoms with van der Waals surface area (Å²) in [7, 11) is -0.315. The van der Waals surface area contributed by atoms with Crippen LogP contribution in [-0.2, 0) is 22.9 Å². The molecule has 168 valence electrons. The summed E-state index contributed by atoms with van der Waals surface area (Å²) in [6.07, 6.45) is 7.88. The molecule has 1 heterocycles. The van der Waals surface area contributed by atoms with Crippen molar-refractivity contribution in [3.8, 4) is 11.5 Å². The summed E-state index contributed by atoms with van der Waals surface area (Å²) in [5.41, 5.74) is 9.77. The van der Waals surface area contributed by atoms with Crippen molar-refractivity contribution in [1.29, 1.82) is 0 Å². The van der Waals surface area contributed by atoms with Crippen LogP contribution < -0.4 is 15.2 Å². The highest BCUT2D eigenvalue weighted by Crippen LogP contribution is 2.46. The van der Waals surface area contributed by atoms with Gasteiger partial charge in [-0.05, 0) is 67.1 Å². The zero-order valence-electron chi connectivity index (χ0n) is 18.4. The second-order valence-corrected chi connectivity index (χ2v) is 10.3. The molecule has 0 amide bonds. The van der Waals surface area contributed by atoms with Crippen LogP contribution in [0.15, 0.2) is 35.2 Å². The van der Waals surface area contributed by atoms with Crippen molar-refractivity contribution in [2.24, 2.45) is 0 Å². The van der Waals surface area contributed by atoms with Crippen LogP contribution in [0.4, 0.5) is 5.69 Å². The van der Waals surface area contributed by atoms with E-state index >= 15 is 0 Å². The maximum absolute atomic E-state index is 13.7. The largest absolute Gasteiger partial charge is 0.493 e. The fourth-order valence-electron chi connectivity index (χ4n) is 5.06. The third-order valence-corrected chi connectivity index (χ3v) is 8.49. The van der Waals surface area contributed by atoms with Crippen molar-refractivity contribution in [1.82, 2.24) is 4.31 Å². The van der Waals surface area contributed by atoms with E-state index in [9.17, 15) is 8.42 Å². The molecule has 31 heavy (non-hydrogen) atoms. The highest BCUT2D eigenvalue weighted by Gasteiger charge is 2.39. The van der Waals surface area contributed by atoms with Crippen molar-refractivity contribution in [2.75, 3.05) is 26.5 Å². The average Bonchev–Trinajstić information content (AvgIpc) is 2.77. The summed E-state index contributed by atoms with van der Waals surface area (Å²) >= 11 is 0. The minimum absolute atomic E-state index is 0.195. The van der Waals surface area contributed by atoms with E-state index in [1.165, 1.54) is 18.4 Å². The smallest absolute Gasteiger partial charge is 0.243 e. The summed E-state index contributed by atoms with van der Waals surface area (Å²) in [5, 5.41) is 0. The van der Waals surface area contributed by atoms with Gasteiger partial charge in [0.2, 0.25) is 10.0 Å². The van der Waals surface area contributed by atoms with E-state index in [4.69, 9.17) is 15.2 Å². The number of methoxy groups -OCH3 is 2. The molecular formula is C24H32N2O4S. The number of rotatable bonds is 4. The molecule has 4 rings (SSSR count). The first kappa shape index (κ1) is 22.0. The lowest BCUT2D eigenvalue weighted by Crippen LogP contribution is -2.40. The molecule has 0 fully saturated rings. The first-order valence-electron chi connectivity index (χ1n) is 11.1. The van der Waals surface area contributed by atoms with Crippen molar-refractivity contribution in [3.63, 3.8) is 0 Å². The van der Waals surface area contributed by atoms with Gasteiger partial charge in [-0.25, -0.2) is 8.42 Å². The molecular weight excluding hydrogens is 412 g/mol. The number of sulfonamides is 1. The first-order chi connectivity index (χ1) is 15.0. The molecule has 0 saturated carbocycles. The van der Waals surface area contributed by atoms with Crippen LogP contribution in [0.5, 0.6) is 11.5 Å². The lowest BCUT2D eigenvalue weighted by Gasteiger charge is -2.39. The maximum Gasteiger partial charge on any atom is 0.243 e. The van der Waals surface area contributed by atoms with Crippen molar-refractivity contribution in [3.05, 3.63) is 47.0 Å². The van der Waals surface area contributed by atoms with Gasteiger partial charge in [0.25, 0.3) is 0 Å². The molecule has 0 aromatic heterocycles. The van der Waals surface area contributed by atoms with Crippen LogP contribution in [0.1, 0.15) is 61.3 Å². The number of nitrogens with two attached hydrogens (primary N) is 1. The Kier molecular flexibility index (Phi) is 6.44. The highest BCUT2D eigenvalue weighted by atomic mass is 32.2. The SMILES string of the molecule is COc1cc2c3c(c1OC)CCCCCCCC3N(S(=O)(=O)c1ccc(N)cc1)CC2. The fraction of sp³-hybridized carbons (Fsp3) is 0.500. The molecule has 7 heteroatoms. The molecule has 0 spiro atoms. The summed E-state index contributed by atoms with van der Waals surface area (Å²) < 4.78 is 40.5. The zero-order chi connectivity index (χ0) is 22.0. The molecule has 1 unspecified atom stereocenters. The van der Waals surface area contributed by atoms with E-state index in [0.717, 1.165) is 54.7 Å². The van der Waals surface area contributed by atoms with Crippen molar-refractivity contribution in [2.45, 2.75) is 62.3 Å². The molecule has 0 bridgehead atoms. The molecule has 0 radical (unpaired) electrons. The van der Waals surface area contributed by atoms with E-state index in [0.29, 0.717) is 23.5 Å². The molecule has 2 aliphatic rings. The molecule has 1 aliphatic heterocycles. The predicted octanol–water partition coefficient (Wildman–Crippen LogP) is 4.47. The normalized spacial score (nSPS) is 20.0. The van der Waals surface area contributed by atoms with Gasteiger partial charge in [0.1, 0.15) is 0 Å². The highest BCUT2D eigenvalue weighted by molar-refractivity contribution is 7.89. The van der Waals surface area contributed by atoms with Crippen LogP contribution in [-0.4, -0.2) is 33.5 Å². The van der Waals surface area contributed by atoms with Gasteiger partial charge in [-0.3, -0.25) is 0 Å². The van der Waals surface area contributed by atoms with E-state index in [1.807, 2.05) is 6.07 Å². The maximum atomic E-state index is 13.7. The van der Waals surface area contributed by atoms with Gasteiger partial charge in [-0.1, -0.05) is 25.7 Å². The summed E-state index contributed by atoms with van der Waals surface area (Å²) in [6.45, 7) is 0.458. The second kappa shape index (κ2) is 9.09. The van der Waals surface area contributed by atoms with Crippen LogP contribution in [0.25, 0.3) is 0 Å². The van der Waals surface area contributed by atoms with Gasteiger partial charge in [-0.15, -0.1) is 0 Å². The van der Waals surface area contributed by atoms with E-state index < -0.39 is 10.0 Å². The van der Waals surface area contributed by atoms with Gasteiger partial charge < -0.3 is 15.2 Å². The minimum atomic E-state index is -3.64.